The number of thioether (sulfide) groups is 1. The van der Waals surface area contributed by atoms with Gasteiger partial charge in [-0.1, -0.05) is 13.8 Å². The molecule has 18 heavy (non-hydrogen) atoms. The van der Waals surface area contributed by atoms with Crippen molar-refractivity contribution in [3.8, 4) is 11.5 Å². The molecular formula is C14H21NO2S. The standard InChI is InChI=1S/C12H15NO2S.C2H6/c1-13-5-4-10(7-13)16-9-2-3-11-12(6-9)15-8-14-11;1-2/h2-3,6,10H,4-5,7-8H2,1H3;1-2H3. The van der Waals surface area contributed by atoms with Crippen LogP contribution in [0.2, 0.25) is 0 Å². The van der Waals surface area contributed by atoms with Gasteiger partial charge in [0.1, 0.15) is 0 Å². The lowest BCUT2D eigenvalue weighted by molar-refractivity contribution is 0.174. The minimum absolute atomic E-state index is 0.357. The van der Waals surface area contributed by atoms with Crippen LogP contribution < -0.4 is 9.47 Å². The van der Waals surface area contributed by atoms with Gasteiger partial charge in [-0.15, -0.1) is 11.8 Å². The van der Waals surface area contributed by atoms with Crippen molar-refractivity contribution < 1.29 is 9.47 Å². The monoisotopic (exact) mass is 267 g/mol. The van der Waals surface area contributed by atoms with Crippen LogP contribution in [0.15, 0.2) is 23.1 Å². The molecule has 1 atom stereocenters. The number of nitrogens with zero attached hydrogens (tertiary/aromatic N) is 1. The van der Waals surface area contributed by atoms with Crippen molar-refractivity contribution >= 4 is 11.8 Å². The third kappa shape index (κ3) is 3.12. The number of fused-ring (bicyclic) bond motifs is 1. The van der Waals surface area contributed by atoms with E-state index in [1.165, 1.54) is 24.4 Å². The normalized spacial score (nSPS) is 21.6. The number of hydrogen-bond donors (Lipinski definition) is 0. The summed E-state index contributed by atoms with van der Waals surface area (Å²) in [6.07, 6.45) is 1.27. The highest BCUT2D eigenvalue weighted by molar-refractivity contribution is 8.00. The first-order valence-electron chi connectivity index (χ1n) is 6.56. The zero-order chi connectivity index (χ0) is 13.0. The van der Waals surface area contributed by atoms with Crippen molar-refractivity contribution in [3.05, 3.63) is 18.2 Å². The van der Waals surface area contributed by atoms with E-state index in [9.17, 15) is 0 Å². The van der Waals surface area contributed by atoms with Gasteiger partial charge in [0.15, 0.2) is 11.5 Å². The van der Waals surface area contributed by atoms with Crippen LogP contribution in [0.3, 0.4) is 0 Å². The van der Waals surface area contributed by atoms with Gasteiger partial charge in [-0.3, -0.25) is 0 Å². The van der Waals surface area contributed by atoms with E-state index >= 15 is 0 Å². The summed E-state index contributed by atoms with van der Waals surface area (Å²) in [6.45, 7) is 6.75. The summed E-state index contributed by atoms with van der Waals surface area (Å²) in [5.41, 5.74) is 0. The highest BCUT2D eigenvalue weighted by Crippen LogP contribution is 2.38. The van der Waals surface area contributed by atoms with Gasteiger partial charge in [-0.05, 0) is 38.2 Å². The van der Waals surface area contributed by atoms with Crippen molar-refractivity contribution in [3.63, 3.8) is 0 Å². The predicted molar refractivity (Wildman–Crippen MR) is 75.7 cm³/mol. The molecule has 1 fully saturated rings. The van der Waals surface area contributed by atoms with Crippen LogP contribution in [0.4, 0.5) is 0 Å². The molecule has 0 N–H and O–H groups in total. The van der Waals surface area contributed by atoms with Crippen LogP contribution in [-0.2, 0) is 0 Å². The first-order chi connectivity index (χ1) is 8.81. The average Bonchev–Trinajstić information content (AvgIpc) is 3.00. The summed E-state index contributed by atoms with van der Waals surface area (Å²) in [7, 11) is 2.18. The molecule has 2 aliphatic heterocycles. The van der Waals surface area contributed by atoms with E-state index in [1.807, 2.05) is 31.7 Å². The predicted octanol–water partition coefficient (Wildman–Crippen LogP) is 3.24. The van der Waals surface area contributed by atoms with Gasteiger partial charge >= 0.3 is 0 Å². The van der Waals surface area contributed by atoms with Crippen LogP contribution in [0.25, 0.3) is 0 Å². The van der Waals surface area contributed by atoms with E-state index in [-0.39, 0.29) is 0 Å². The first kappa shape index (κ1) is 13.6. The molecule has 0 saturated carbocycles. The van der Waals surface area contributed by atoms with Crippen LogP contribution in [0.5, 0.6) is 11.5 Å². The molecule has 1 aromatic carbocycles. The largest absolute Gasteiger partial charge is 0.454 e. The number of benzene rings is 1. The fourth-order valence-electron chi connectivity index (χ4n) is 2.13. The van der Waals surface area contributed by atoms with Crippen molar-refractivity contribution in [2.45, 2.75) is 30.4 Å². The second-order valence-electron chi connectivity index (χ2n) is 4.31. The summed E-state index contributed by atoms with van der Waals surface area (Å²) in [5.74, 6) is 1.75. The van der Waals surface area contributed by atoms with Crippen LogP contribution in [0, 0.1) is 0 Å². The van der Waals surface area contributed by atoms with E-state index < -0.39 is 0 Å². The molecular weight excluding hydrogens is 246 g/mol. The van der Waals surface area contributed by atoms with Crippen molar-refractivity contribution in [1.82, 2.24) is 4.90 Å². The second kappa shape index (κ2) is 6.34. The zero-order valence-corrected chi connectivity index (χ0v) is 12.1. The van der Waals surface area contributed by atoms with Gasteiger partial charge in [0.2, 0.25) is 6.79 Å². The Morgan fingerprint density at radius 1 is 1.22 bits per heavy atom. The molecule has 2 heterocycles. The average molecular weight is 267 g/mol. The highest BCUT2D eigenvalue weighted by atomic mass is 32.2. The number of hydrogen-bond acceptors (Lipinski definition) is 4. The van der Waals surface area contributed by atoms with E-state index in [0.29, 0.717) is 12.0 Å². The Labute approximate surface area is 113 Å². The minimum Gasteiger partial charge on any atom is -0.454 e. The van der Waals surface area contributed by atoms with E-state index in [1.54, 1.807) is 0 Å². The number of ether oxygens (including phenoxy) is 2. The maximum Gasteiger partial charge on any atom is 0.231 e. The minimum atomic E-state index is 0.357. The maximum atomic E-state index is 5.38. The molecule has 1 saturated heterocycles. The van der Waals surface area contributed by atoms with Crippen LogP contribution in [-0.4, -0.2) is 37.1 Å². The molecule has 3 nitrogen and oxygen atoms in total. The third-order valence-electron chi connectivity index (χ3n) is 2.99. The quantitative estimate of drug-likeness (QED) is 0.820. The Morgan fingerprint density at radius 2 is 2.00 bits per heavy atom. The van der Waals surface area contributed by atoms with Gasteiger partial charge < -0.3 is 14.4 Å². The Morgan fingerprint density at radius 3 is 2.72 bits per heavy atom. The molecule has 100 valence electrons. The Bertz CT molecular complexity index is 397. The summed E-state index contributed by atoms with van der Waals surface area (Å²) >= 11 is 1.94. The molecule has 3 rings (SSSR count). The molecule has 0 amide bonds. The zero-order valence-electron chi connectivity index (χ0n) is 11.3. The Balaban J connectivity index is 0.000000574. The topological polar surface area (TPSA) is 21.7 Å². The van der Waals surface area contributed by atoms with E-state index in [4.69, 9.17) is 9.47 Å². The summed E-state index contributed by atoms with van der Waals surface area (Å²) in [5, 5.41) is 0.713. The molecule has 0 spiro atoms. The van der Waals surface area contributed by atoms with Gasteiger partial charge in [0.05, 0.1) is 0 Å². The van der Waals surface area contributed by atoms with Crippen molar-refractivity contribution in [2.24, 2.45) is 0 Å². The number of likely N-dealkylation sites (tertiary alicyclic amines) is 1. The molecule has 1 unspecified atom stereocenters. The fourth-order valence-corrected chi connectivity index (χ4v) is 3.39. The number of rotatable bonds is 2. The lowest BCUT2D eigenvalue weighted by atomic mass is 10.3. The molecule has 0 aliphatic carbocycles. The highest BCUT2D eigenvalue weighted by Gasteiger charge is 2.21. The molecule has 0 radical (unpaired) electrons. The summed E-state index contributed by atoms with van der Waals surface area (Å²) < 4.78 is 10.7. The van der Waals surface area contributed by atoms with Crippen molar-refractivity contribution in [1.29, 1.82) is 0 Å². The first-order valence-corrected chi connectivity index (χ1v) is 7.44. The molecule has 2 aliphatic rings. The van der Waals surface area contributed by atoms with Crippen LogP contribution >= 0.6 is 11.8 Å². The maximum absolute atomic E-state index is 5.38. The fraction of sp³-hybridized carbons (Fsp3) is 0.571. The molecule has 1 aromatic rings. The van der Waals surface area contributed by atoms with E-state index in [0.717, 1.165) is 11.5 Å². The second-order valence-corrected chi connectivity index (χ2v) is 5.68. The smallest absolute Gasteiger partial charge is 0.231 e. The summed E-state index contributed by atoms with van der Waals surface area (Å²) in [4.78, 5) is 3.66. The lowest BCUT2D eigenvalue weighted by Crippen LogP contribution is -2.14. The van der Waals surface area contributed by atoms with Crippen molar-refractivity contribution in [2.75, 3.05) is 26.9 Å². The summed E-state index contributed by atoms with van der Waals surface area (Å²) in [6, 6.07) is 6.21. The Hall–Kier alpha value is -0.870. The molecule has 4 heteroatoms. The van der Waals surface area contributed by atoms with Gasteiger partial charge in [-0.25, -0.2) is 0 Å². The third-order valence-corrected chi connectivity index (χ3v) is 4.24. The SMILES string of the molecule is CC.CN1CCC(Sc2ccc3c(c2)OCO3)C1. The lowest BCUT2D eigenvalue weighted by Gasteiger charge is -2.10. The van der Waals surface area contributed by atoms with Gasteiger partial charge in [-0.2, -0.15) is 0 Å². The van der Waals surface area contributed by atoms with E-state index in [2.05, 4.69) is 24.1 Å². The Kier molecular flexibility index (Phi) is 4.78. The molecule has 0 bridgehead atoms. The van der Waals surface area contributed by atoms with Gasteiger partial charge in [0, 0.05) is 16.7 Å². The molecule has 0 aromatic heterocycles. The van der Waals surface area contributed by atoms with Gasteiger partial charge in [0.25, 0.3) is 0 Å². The van der Waals surface area contributed by atoms with Crippen LogP contribution in [0.1, 0.15) is 20.3 Å².